The monoisotopic (exact) mass is 449 g/mol. The molecule has 1 aromatic heterocycles. The van der Waals surface area contributed by atoms with Crippen LogP contribution in [0, 0.1) is 12.8 Å². The zero-order valence-corrected chi connectivity index (χ0v) is 19.9. The van der Waals surface area contributed by atoms with Crippen LogP contribution in [0.4, 0.5) is 5.88 Å². The van der Waals surface area contributed by atoms with Crippen LogP contribution in [0.15, 0.2) is 59.1 Å². The number of carbonyl (C=O) groups excluding carboxylic acids is 1. The van der Waals surface area contributed by atoms with E-state index in [0.29, 0.717) is 19.0 Å². The number of hydrogen-bond acceptors (Lipinski definition) is 5. The fourth-order valence-corrected chi connectivity index (χ4v) is 5.02. The largest absolute Gasteiger partial charge is 0.339 e. The summed E-state index contributed by atoms with van der Waals surface area (Å²) in [6, 6.07) is 17.9. The van der Waals surface area contributed by atoms with Crippen LogP contribution in [-0.2, 0) is 6.54 Å². The zero-order valence-electron chi connectivity index (χ0n) is 19.1. The van der Waals surface area contributed by atoms with Crippen LogP contribution in [-0.4, -0.2) is 47.1 Å². The number of thioether (sulfide) groups is 1. The Balaban J connectivity index is 1.74. The maximum Gasteiger partial charge on any atom is 0.254 e. The Morgan fingerprint density at radius 1 is 1.09 bits per heavy atom. The molecule has 1 aliphatic heterocycles. The second kappa shape index (κ2) is 10.3. The molecule has 3 aromatic rings. The average Bonchev–Trinajstić information content (AvgIpc) is 3.23. The van der Waals surface area contributed by atoms with Crippen molar-refractivity contribution in [1.29, 1.82) is 0 Å². The van der Waals surface area contributed by atoms with Crippen molar-refractivity contribution in [3.8, 4) is 11.3 Å². The van der Waals surface area contributed by atoms with E-state index in [1.165, 1.54) is 0 Å². The lowest BCUT2D eigenvalue weighted by Crippen LogP contribution is -2.36. The van der Waals surface area contributed by atoms with Gasteiger partial charge >= 0.3 is 0 Å². The lowest BCUT2D eigenvalue weighted by atomic mass is 10.0. The molecule has 0 N–H and O–H groups in total. The van der Waals surface area contributed by atoms with E-state index in [-0.39, 0.29) is 5.91 Å². The van der Waals surface area contributed by atoms with Crippen molar-refractivity contribution in [3.05, 3.63) is 71.3 Å². The van der Waals surface area contributed by atoms with Gasteiger partial charge in [-0.1, -0.05) is 67.5 Å². The van der Waals surface area contributed by atoms with Crippen LogP contribution < -0.4 is 4.90 Å². The van der Waals surface area contributed by atoms with E-state index in [0.717, 1.165) is 58.4 Å². The summed E-state index contributed by atoms with van der Waals surface area (Å²) in [5.41, 5.74) is 4.57. The maximum absolute atomic E-state index is 13.6. The molecule has 0 atom stereocenters. The first kappa shape index (κ1) is 22.5. The Bertz CT molecular complexity index is 1040. The van der Waals surface area contributed by atoms with Gasteiger partial charge in [0.2, 0.25) is 5.88 Å². The van der Waals surface area contributed by atoms with Crippen molar-refractivity contribution >= 4 is 23.6 Å². The quantitative estimate of drug-likeness (QED) is 0.477. The van der Waals surface area contributed by atoms with Gasteiger partial charge in [0.25, 0.3) is 5.91 Å². The van der Waals surface area contributed by atoms with E-state index in [1.54, 1.807) is 0 Å². The van der Waals surface area contributed by atoms with Gasteiger partial charge in [-0.2, -0.15) is 11.8 Å². The number of rotatable bonds is 7. The predicted molar refractivity (Wildman–Crippen MR) is 132 cm³/mol. The Morgan fingerprint density at radius 2 is 1.78 bits per heavy atom. The molecule has 1 amide bonds. The average molecular weight is 450 g/mol. The summed E-state index contributed by atoms with van der Waals surface area (Å²) >= 11 is 1.96. The van der Waals surface area contributed by atoms with E-state index in [2.05, 4.69) is 23.9 Å². The molecule has 1 saturated heterocycles. The third-order valence-electron chi connectivity index (χ3n) is 5.71. The standard InChI is InChI=1S/C26H31N3O2S/c1-19(2)17-29(25(30)22-12-8-7-9-20(22)3)18-23-24(21-10-5-4-6-11-21)27-31-26(23)28-13-15-32-16-14-28/h4-12,19H,13-18H2,1-3H3. The van der Waals surface area contributed by atoms with Gasteiger partial charge in [0.15, 0.2) is 0 Å². The van der Waals surface area contributed by atoms with Crippen molar-refractivity contribution in [3.63, 3.8) is 0 Å². The Morgan fingerprint density at radius 3 is 2.47 bits per heavy atom. The molecule has 1 aliphatic rings. The minimum absolute atomic E-state index is 0.0529. The molecule has 4 rings (SSSR count). The second-order valence-corrected chi connectivity index (χ2v) is 9.90. The summed E-state index contributed by atoms with van der Waals surface area (Å²) in [6.45, 7) is 9.28. The molecule has 0 bridgehead atoms. The molecule has 0 saturated carbocycles. The molecule has 2 aromatic carbocycles. The van der Waals surface area contributed by atoms with Gasteiger partial charge in [-0.25, -0.2) is 0 Å². The van der Waals surface area contributed by atoms with Gasteiger partial charge in [0.1, 0.15) is 5.69 Å². The highest BCUT2D eigenvalue weighted by molar-refractivity contribution is 7.99. The SMILES string of the molecule is Cc1ccccc1C(=O)N(Cc1c(-c2ccccc2)noc1N1CCSCC1)CC(C)C. The molecule has 2 heterocycles. The van der Waals surface area contributed by atoms with Crippen molar-refractivity contribution < 1.29 is 9.32 Å². The highest BCUT2D eigenvalue weighted by atomic mass is 32.2. The van der Waals surface area contributed by atoms with Gasteiger partial charge in [-0.15, -0.1) is 0 Å². The van der Waals surface area contributed by atoms with Gasteiger partial charge in [-0.05, 0) is 24.5 Å². The van der Waals surface area contributed by atoms with E-state index < -0.39 is 0 Å². The summed E-state index contributed by atoms with van der Waals surface area (Å²) in [5.74, 6) is 3.34. The van der Waals surface area contributed by atoms with E-state index in [1.807, 2.05) is 78.2 Å². The van der Waals surface area contributed by atoms with Crippen molar-refractivity contribution in [2.24, 2.45) is 5.92 Å². The smallest absolute Gasteiger partial charge is 0.254 e. The van der Waals surface area contributed by atoms with Crippen LogP contribution in [0.25, 0.3) is 11.3 Å². The minimum atomic E-state index is 0.0529. The first-order valence-electron chi connectivity index (χ1n) is 11.3. The normalized spacial score (nSPS) is 14.1. The molecular formula is C26H31N3O2S. The molecular weight excluding hydrogens is 418 g/mol. The number of carbonyl (C=O) groups is 1. The molecule has 1 fully saturated rings. The summed E-state index contributed by atoms with van der Waals surface area (Å²) in [7, 11) is 0. The molecule has 5 nitrogen and oxygen atoms in total. The summed E-state index contributed by atoms with van der Waals surface area (Å²) in [6.07, 6.45) is 0. The van der Waals surface area contributed by atoms with Gasteiger partial charge in [0, 0.05) is 42.3 Å². The van der Waals surface area contributed by atoms with Gasteiger partial charge in [0.05, 0.1) is 12.1 Å². The zero-order chi connectivity index (χ0) is 22.5. The lowest BCUT2D eigenvalue weighted by Gasteiger charge is -2.29. The van der Waals surface area contributed by atoms with Crippen LogP contribution in [0.5, 0.6) is 0 Å². The Labute approximate surface area is 194 Å². The number of anilines is 1. The number of hydrogen-bond donors (Lipinski definition) is 0. The number of nitrogens with zero attached hydrogens (tertiary/aromatic N) is 3. The first-order chi connectivity index (χ1) is 15.5. The fourth-order valence-electron chi connectivity index (χ4n) is 4.11. The summed E-state index contributed by atoms with van der Waals surface area (Å²) < 4.78 is 5.93. The molecule has 6 heteroatoms. The summed E-state index contributed by atoms with van der Waals surface area (Å²) in [4.78, 5) is 17.8. The molecule has 168 valence electrons. The molecule has 0 radical (unpaired) electrons. The van der Waals surface area contributed by atoms with Gasteiger partial charge in [-0.3, -0.25) is 4.79 Å². The van der Waals surface area contributed by atoms with Crippen LogP contribution in [0.1, 0.15) is 35.3 Å². The van der Waals surface area contributed by atoms with E-state index in [9.17, 15) is 4.79 Å². The van der Waals surface area contributed by atoms with Crippen LogP contribution in [0.3, 0.4) is 0 Å². The first-order valence-corrected chi connectivity index (χ1v) is 12.4. The van der Waals surface area contributed by atoms with E-state index >= 15 is 0 Å². The fraction of sp³-hybridized carbons (Fsp3) is 0.385. The molecule has 0 unspecified atom stereocenters. The topological polar surface area (TPSA) is 49.6 Å². The molecule has 0 spiro atoms. The number of aryl methyl sites for hydroxylation is 1. The minimum Gasteiger partial charge on any atom is -0.339 e. The lowest BCUT2D eigenvalue weighted by molar-refractivity contribution is 0.0722. The van der Waals surface area contributed by atoms with Crippen molar-refractivity contribution in [1.82, 2.24) is 10.1 Å². The Kier molecular flexibility index (Phi) is 7.20. The number of amides is 1. The van der Waals surface area contributed by atoms with Gasteiger partial charge < -0.3 is 14.3 Å². The highest BCUT2D eigenvalue weighted by Crippen LogP contribution is 2.34. The maximum atomic E-state index is 13.6. The molecule has 32 heavy (non-hydrogen) atoms. The van der Waals surface area contributed by atoms with Crippen molar-refractivity contribution in [2.45, 2.75) is 27.3 Å². The third-order valence-corrected chi connectivity index (χ3v) is 6.65. The second-order valence-electron chi connectivity index (χ2n) is 8.67. The summed E-state index contributed by atoms with van der Waals surface area (Å²) in [5, 5.41) is 4.48. The number of aromatic nitrogens is 1. The van der Waals surface area contributed by atoms with E-state index in [4.69, 9.17) is 4.52 Å². The predicted octanol–water partition coefficient (Wildman–Crippen LogP) is 5.50. The molecule has 0 aliphatic carbocycles. The van der Waals surface area contributed by atoms with Crippen LogP contribution >= 0.6 is 11.8 Å². The number of benzene rings is 2. The highest BCUT2D eigenvalue weighted by Gasteiger charge is 2.28. The Hall–Kier alpha value is -2.73. The third kappa shape index (κ3) is 5.01. The van der Waals surface area contributed by atoms with Crippen LogP contribution in [0.2, 0.25) is 0 Å². The van der Waals surface area contributed by atoms with Crippen molar-refractivity contribution in [2.75, 3.05) is 36.0 Å².